The molecule has 0 rings (SSSR count). The monoisotopic (exact) mass is 262 g/mol. The Balaban J connectivity index is 2.86. The SMILES string of the molecule is CC[NH2+]CCC[NH2+]CCCC[NH2+]CCC[NH2+]CC. The van der Waals surface area contributed by atoms with Crippen molar-refractivity contribution in [1.82, 2.24) is 0 Å². The van der Waals surface area contributed by atoms with Gasteiger partial charge in [0.05, 0.1) is 52.4 Å². The van der Waals surface area contributed by atoms with Crippen molar-refractivity contribution in [2.45, 2.75) is 39.5 Å². The molecule has 0 aliphatic rings. The van der Waals surface area contributed by atoms with Gasteiger partial charge < -0.3 is 21.3 Å². The molecule has 4 heteroatoms. The average Bonchev–Trinajstić information content (AvgIpc) is 2.39. The fourth-order valence-corrected chi connectivity index (χ4v) is 2.09. The summed E-state index contributed by atoms with van der Waals surface area (Å²) in [6.45, 7) is 14.8. The van der Waals surface area contributed by atoms with Gasteiger partial charge in [0.2, 0.25) is 0 Å². The number of rotatable bonds is 15. The Labute approximate surface area is 114 Å². The molecule has 4 nitrogen and oxygen atoms in total. The summed E-state index contributed by atoms with van der Waals surface area (Å²) < 4.78 is 0. The predicted molar refractivity (Wildman–Crippen MR) is 76.5 cm³/mol. The van der Waals surface area contributed by atoms with Gasteiger partial charge in [-0.05, 0) is 13.8 Å². The molecule has 0 atom stereocenters. The van der Waals surface area contributed by atoms with Gasteiger partial charge >= 0.3 is 0 Å². The van der Waals surface area contributed by atoms with Crippen molar-refractivity contribution in [1.29, 1.82) is 0 Å². The van der Waals surface area contributed by atoms with Crippen LogP contribution in [0.1, 0.15) is 39.5 Å². The second kappa shape index (κ2) is 16.8. The lowest BCUT2D eigenvalue weighted by molar-refractivity contribution is -0.684. The molecule has 0 fully saturated rings. The maximum Gasteiger partial charge on any atom is 0.0809 e. The summed E-state index contributed by atoms with van der Waals surface area (Å²) in [4.78, 5) is 0. The van der Waals surface area contributed by atoms with E-state index in [1.807, 2.05) is 0 Å². The normalized spacial score (nSPS) is 11.0. The quantitative estimate of drug-likeness (QED) is 0.225. The Bertz CT molecular complexity index is 126. The summed E-state index contributed by atoms with van der Waals surface area (Å²) in [7, 11) is 0. The Hall–Kier alpha value is -0.160. The summed E-state index contributed by atoms with van der Waals surface area (Å²) in [6.07, 6.45) is 5.48. The zero-order chi connectivity index (χ0) is 13.3. The lowest BCUT2D eigenvalue weighted by Gasteiger charge is -2.02. The molecule has 0 saturated carbocycles. The number of hydrogen-bond acceptors (Lipinski definition) is 0. The van der Waals surface area contributed by atoms with Gasteiger partial charge in [0, 0.05) is 25.7 Å². The van der Waals surface area contributed by atoms with E-state index in [9.17, 15) is 0 Å². The molecule has 0 amide bonds. The second-order valence-electron chi connectivity index (χ2n) is 5.12. The smallest absolute Gasteiger partial charge is 0.0809 e. The minimum absolute atomic E-state index is 1.23. The van der Waals surface area contributed by atoms with E-state index in [1.54, 1.807) is 0 Å². The van der Waals surface area contributed by atoms with Gasteiger partial charge in [0.15, 0.2) is 0 Å². The molecule has 0 aromatic rings. The van der Waals surface area contributed by atoms with Crippen LogP contribution in [0.15, 0.2) is 0 Å². The van der Waals surface area contributed by atoms with Crippen LogP contribution in [0.5, 0.6) is 0 Å². The van der Waals surface area contributed by atoms with Crippen molar-refractivity contribution in [2.75, 3.05) is 52.4 Å². The van der Waals surface area contributed by atoms with Crippen molar-refractivity contribution in [3.63, 3.8) is 0 Å². The van der Waals surface area contributed by atoms with E-state index in [2.05, 4.69) is 35.1 Å². The zero-order valence-electron chi connectivity index (χ0n) is 12.8. The third-order valence-corrected chi connectivity index (χ3v) is 3.28. The molecule has 110 valence electrons. The van der Waals surface area contributed by atoms with Crippen molar-refractivity contribution in [2.24, 2.45) is 0 Å². The maximum absolute atomic E-state index is 2.49. The van der Waals surface area contributed by atoms with Gasteiger partial charge in [0.25, 0.3) is 0 Å². The van der Waals surface area contributed by atoms with Crippen LogP contribution in [-0.2, 0) is 0 Å². The molecule has 0 heterocycles. The maximum atomic E-state index is 2.49. The summed E-state index contributed by atoms with van der Waals surface area (Å²) >= 11 is 0. The van der Waals surface area contributed by atoms with Crippen LogP contribution in [0.3, 0.4) is 0 Å². The third-order valence-electron chi connectivity index (χ3n) is 3.28. The molecule has 0 aromatic carbocycles. The first-order valence-electron chi connectivity index (χ1n) is 8.18. The van der Waals surface area contributed by atoms with E-state index < -0.39 is 0 Å². The first kappa shape index (κ1) is 17.8. The summed E-state index contributed by atoms with van der Waals surface area (Å²) in [5, 5.41) is 9.75. The van der Waals surface area contributed by atoms with Crippen molar-refractivity contribution >= 4 is 0 Å². The molecule has 0 spiro atoms. The van der Waals surface area contributed by atoms with Gasteiger partial charge in [-0.1, -0.05) is 0 Å². The van der Waals surface area contributed by atoms with E-state index in [4.69, 9.17) is 0 Å². The fraction of sp³-hybridized carbons (Fsp3) is 1.00. The standard InChI is InChI=1S/C14H34N4/c1-3-15-11-7-13-17-9-5-6-10-18-14-8-12-16-4-2/h15-18H,3-14H2,1-2H3/p+4. The van der Waals surface area contributed by atoms with E-state index in [1.165, 1.54) is 78.0 Å². The van der Waals surface area contributed by atoms with Gasteiger partial charge in [-0.25, -0.2) is 0 Å². The zero-order valence-corrected chi connectivity index (χ0v) is 12.8. The predicted octanol–water partition coefficient (Wildman–Crippen LogP) is -3.16. The minimum atomic E-state index is 1.23. The molecule has 0 saturated heterocycles. The van der Waals surface area contributed by atoms with Gasteiger partial charge in [-0.2, -0.15) is 0 Å². The van der Waals surface area contributed by atoms with Gasteiger partial charge in [-0.15, -0.1) is 0 Å². The number of nitrogens with two attached hydrogens (primary N) is 4. The topological polar surface area (TPSA) is 66.4 Å². The molecule has 0 aliphatic carbocycles. The molecule has 8 N–H and O–H groups in total. The highest BCUT2D eigenvalue weighted by molar-refractivity contribution is 4.34. The molecule has 0 radical (unpaired) electrons. The Kier molecular flexibility index (Phi) is 16.7. The fourth-order valence-electron chi connectivity index (χ4n) is 2.09. The Morgan fingerprint density at radius 2 is 0.778 bits per heavy atom. The molecule has 0 aliphatic heterocycles. The highest BCUT2D eigenvalue weighted by Crippen LogP contribution is 1.77. The van der Waals surface area contributed by atoms with Gasteiger partial charge in [0.1, 0.15) is 0 Å². The average molecular weight is 262 g/mol. The van der Waals surface area contributed by atoms with Crippen LogP contribution in [0, 0.1) is 0 Å². The second-order valence-corrected chi connectivity index (χ2v) is 5.12. The van der Waals surface area contributed by atoms with E-state index in [0.717, 1.165) is 0 Å². The first-order chi connectivity index (χ1) is 8.91. The summed E-state index contributed by atoms with van der Waals surface area (Å²) in [5.41, 5.74) is 0. The first-order valence-corrected chi connectivity index (χ1v) is 8.18. The number of hydrogen-bond donors (Lipinski definition) is 4. The van der Waals surface area contributed by atoms with Gasteiger partial charge in [-0.3, -0.25) is 0 Å². The van der Waals surface area contributed by atoms with Crippen LogP contribution < -0.4 is 21.3 Å². The van der Waals surface area contributed by atoms with E-state index >= 15 is 0 Å². The highest BCUT2D eigenvalue weighted by Gasteiger charge is 1.96. The molecule has 0 unspecified atom stereocenters. The van der Waals surface area contributed by atoms with Crippen LogP contribution in [0.25, 0.3) is 0 Å². The third kappa shape index (κ3) is 15.8. The van der Waals surface area contributed by atoms with Crippen LogP contribution in [0.4, 0.5) is 0 Å². The molecular weight excluding hydrogens is 224 g/mol. The summed E-state index contributed by atoms with van der Waals surface area (Å²) in [5.74, 6) is 0. The highest BCUT2D eigenvalue weighted by atomic mass is 14.9. The van der Waals surface area contributed by atoms with Crippen molar-refractivity contribution in [3.8, 4) is 0 Å². The van der Waals surface area contributed by atoms with Crippen molar-refractivity contribution in [3.05, 3.63) is 0 Å². The lowest BCUT2D eigenvalue weighted by atomic mass is 10.3. The largest absolute Gasteiger partial charge is 0.346 e. The molecular formula is C14H38N4+4. The number of quaternary nitrogens is 4. The Morgan fingerprint density at radius 3 is 1.17 bits per heavy atom. The number of unbranched alkanes of at least 4 members (excludes halogenated alkanes) is 1. The molecule has 0 bridgehead atoms. The Morgan fingerprint density at radius 1 is 0.444 bits per heavy atom. The van der Waals surface area contributed by atoms with E-state index in [0.29, 0.717) is 0 Å². The van der Waals surface area contributed by atoms with Crippen LogP contribution in [-0.4, -0.2) is 52.4 Å². The lowest BCUT2D eigenvalue weighted by Crippen LogP contribution is -2.89. The van der Waals surface area contributed by atoms with E-state index in [-0.39, 0.29) is 0 Å². The molecule has 0 aromatic heterocycles. The molecule has 18 heavy (non-hydrogen) atoms. The summed E-state index contributed by atoms with van der Waals surface area (Å²) in [6, 6.07) is 0. The minimum Gasteiger partial charge on any atom is -0.346 e. The van der Waals surface area contributed by atoms with Crippen LogP contribution >= 0.6 is 0 Å². The van der Waals surface area contributed by atoms with Crippen LogP contribution in [0.2, 0.25) is 0 Å². The van der Waals surface area contributed by atoms with Crippen molar-refractivity contribution < 1.29 is 21.3 Å².